The van der Waals surface area contributed by atoms with Crippen LogP contribution in [0.2, 0.25) is 0 Å². The van der Waals surface area contributed by atoms with Crippen molar-refractivity contribution in [1.29, 1.82) is 0 Å². The van der Waals surface area contributed by atoms with Crippen molar-refractivity contribution >= 4 is 5.97 Å². The van der Waals surface area contributed by atoms with Crippen LogP contribution in [0.5, 0.6) is 0 Å². The van der Waals surface area contributed by atoms with E-state index in [0.717, 1.165) is 6.42 Å². The number of hydrogen-bond donors (Lipinski definition) is 3. The molecule has 1 aliphatic heterocycles. The molecule has 0 aromatic heterocycles. The summed E-state index contributed by atoms with van der Waals surface area (Å²) in [6, 6.07) is 6.17. The van der Waals surface area contributed by atoms with Gasteiger partial charge in [-0.15, -0.1) is 0 Å². The lowest BCUT2D eigenvalue weighted by molar-refractivity contribution is -0.139. The number of aryl methyl sites for hydroxylation is 2. The number of carbonyl (C=O) groups is 1. The molecule has 1 heterocycles. The van der Waals surface area contributed by atoms with Gasteiger partial charge < -0.3 is 5.11 Å². The molecule has 0 spiro atoms. The van der Waals surface area contributed by atoms with Crippen LogP contribution in [-0.2, 0) is 17.6 Å². The summed E-state index contributed by atoms with van der Waals surface area (Å²) < 4.78 is 0. The van der Waals surface area contributed by atoms with E-state index in [-0.39, 0.29) is 6.04 Å². The molecule has 2 aliphatic rings. The van der Waals surface area contributed by atoms with Crippen molar-refractivity contribution in [1.82, 2.24) is 10.9 Å². The predicted molar refractivity (Wildman–Crippen MR) is 63.5 cm³/mol. The van der Waals surface area contributed by atoms with Crippen molar-refractivity contribution < 1.29 is 9.90 Å². The van der Waals surface area contributed by atoms with Gasteiger partial charge in [-0.3, -0.25) is 4.79 Å². The molecule has 0 radical (unpaired) electrons. The van der Waals surface area contributed by atoms with Gasteiger partial charge in [-0.1, -0.05) is 18.2 Å². The fourth-order valence-electron chi connectivity index (χ4n) is 2.75. The number of hydrazine groups is 1. The molecule has 4 heteroatoms. The van der Waals surface area contributed by atoms with Crippen molar-refractivity contribution in [3.05, 3.63) is 34.9 Å². The molecule has 1 aromatic carbocycles. The Balaban J connectivity index is 1.79. The fraction of sp³-hybridized carbons (Fsp3) is 0.462. The Morgan fingerprint density at radius 1 is 1.24 bits per heavy atom. The van der Waals surface area contributed by atoms with Gasteiger partial charge in [0.05, 0.1) is 0 Å². The second-order valence-corrected chi connectivity index (χ2v) is 4.85. The average molecular weight is 232 g/mol. The van der Waals surface area contributed by atoms with E-state index in [0.29, 0.717) is 6.42 Å². The number of carboxylic acids is 1. The van der Waals surface area contributed by atoms with Crippen LogP contribution in [0.25, 0.3) is 0 Å². The molecule has 0 amide bonds. The number of hydrogen-bond acceptors (Lipinski definition) is 3. The summed E-state index contributed by atoms with van der Waals surface area (Å²) in [5.41, 5.74) is 9.97. The number of nitrogens with one attached hydrogen (secondary N) is 2. The molecule has 0 bridgehead atoms. The van der Waals surface area contributed by atoms with Crippen molar-refractivity contribution in [2.45, 2.75) is 37.8 Å². The largest absolute Gasteiger partial charge is 0.480 e. The Bertz CT molecular complexity index is 459. The van der Waals surface area contributed by atoms with Crippen LogP contribution in [0.1, 0.15) is 35.6 Å². The smallest absolute Gasteiger partial charge is 0.322 e. The van der Waals surface area contributed by atoms with Gasteiger partial charge >= 0.3 is 5.97 Å². The lowest BCUT2D eigenvalue weighted by atomic mass is 9.98. The van der Waals surface area contributed by atoms with Gasteiger partial charge in [0.2, 0.25) is 0 Å². The quantitative estimate of drug-likeness (QED) is 0.716. The summed E-state index contributed by atoms with van der Waals surface area (Å²) in [4.78, 5) is 10.9. The standard InChI is InChI=1S/C13H16N2O2/c16-13(17)12-7-11(14-15-12)10-5-4-8-2-1-3-9(8)6-10/h4-6,11-12,14-15H,1-3,7H2,(H,16,17). The molecular formula is C13H16N2O2. The second-order valence-electron chi connectivity index (χ2n) is 4.85. The normalized spacial score (nSPS) is 27.1. The van der Waals surface area contributed by atoms with Gasteiger partial charge in [0.1, 0.15) is 6.04 Å². The third-order valence-electron chi connectivity index (χ3n) is 3.73. The van der Waals surface area contributed by atoms with Crippen LogP contribution >= 0.6 is 0 Å². The van der Waals surface area contributed by atoms with Crippen LogP contribution in [0.4, 0.5) is 0 Å². The van der Waals surface area contributed by atoms with E-state index in [1.54, 1.807) is 0 Å². The highest BCUT2D eigenvalue weighted by Crippen LogP contribution is 2.28. The van der Waals surface area contributed by atoms with E-state index >= 15 is 0 Å². The first-order chi connectivity index (χ1) is 8.24. The summed E-state index contributed by atoms with van der Waals surface area (Å²) in [6.07, 6.45) is 4.19. The Kier molecular flexibility index (Phi) is 2.61. The molecule has 90 valence electrons. The van der Waals surface area contributed by atoms with Crippen molar-refractivity contribution in [3.8, 4) is 0 Å². The van der Waals surface area contributed by atoms with Gasteiger partial charge in [-0.05, 0) is 42.4 Å². The van der Waals surface area contributed by atoms with E-state index in [2.05, 4.69) is 29.1 Å². The lowest BCUT2D eigenvalue weighted by Gasteiger charge is -2.11. The minimum absolute atomic E-state index is 0.113. The zero-order chi connectivity index (χ0) is 11.8. The SMILES string of the molecule is O=C(O)C1CC(c2ccc3c(c2)CCC3)NN1. The zero-order valence-electron chi connectivity index (χ0n) is 9.57. The topological polar surface area (TPSA) is 61.4 Å². The summed E-state index contributed by atoms with van der Waals surface area (Å²) in [7, 11) is 0. The molecule has 2 atom stereocenters. The molecule has 3 rings (SSSR count). The van der Waals surface area contributed by atoms with Gasteiger partial charge in [0.25, 0.3) is 0 Å². The summed E-state index contributed by atoms with van der Waals surface area (Å²) in [5, 5.41) is 8.93. The Morgan fingerprint density at radius 2 is 2.06 bits per heavy atom. The number of rotatable bonds is 2. The molecule has 1 aromatic rings. The highest BCUT2D eigenvalue weighted by Gasteiger charge is 2.30. The third-order valence-corrected chi connectivity index (χ3v) is 3.73. The van der Waals surface area contributed by atoms with Crippen molar-refractivity contribution in [2.24, 2.45) is 0 Å². The number of benzene rings is 1. The molecule has 17 heavy (non-hydrogen) atoms. The maximum atomic E-state index is 10.9. The minimum atomic E-state index is -0.791. The highest BCUT2D eigenvalue weighted by atomic mass is 16.4. The minimum Gasteiger partial charge on any atom is -0.480 e. The van der Waals surface area contributed by atoms with E-state index in [1.807, 2.05) is 0 Å². The van der Waals surface area contributed by atoms with Gasteiger partial charge in [-0.2, -0.15) is 0 Å². The first-order valence-corrected chi connectivity index (χ1v) is 6.09. The molecule has 0 saturated carbocycles. The average Bonchev–Trinajstić information content (AvgIpc) is 2.97. The summed E-state index contributed by atoms with van der Waals surface area (Å²) in [5.74, 6) is -0.791. The first-order valence-electron chi connectivity index (χ1n) is 6.09. The molecule has 1 fully saturated rings. The molecule has 3 N–H and O–H groups in total. The molecule has 4 nitrogen and oxygen atoms in total. The van der Waals surface area contributed by atoms with Crippen molar-refractivity contribution in [3.63, 3.8) is 0 Å². The summed E-state index contributed by atoms with van der Waals surface area (Å²) >= 11 is 0. The Labute approximate surface area is 100.0 Å². The summed E-state index contributed by atoms with van der Waals surface area (Å²) in [6.45, 7) is 0. The monoisotopic (exact) mass is 232 g/mol. The van der Waals surface area contributed by atoms with Crippen LogP contribution in [-0.4, -0.2) is 17.1 Å². The molecule has 1 saturated heterocycles. The Morgan fingerprint density at radius 3 is 2.82 bits per heavy atom. The highest BCUT2D eigenvalue weighted by molar-refractivity contribution is 5.73. The first kappa shape index (κ1) is 10.7. The predicted octanol–water partition coefficient (Wildman–Crippen LogP) is 1.17. The van der Waals surface area contributed by atoms with E-state index in [1.165, 1.54) is 29.5 Å². The number of aliphatic carboxylic acids is 1. The number of fused-ring (bicyclic) bond motifs is 1. The van der Waals surface area contributed by atoms with Crippen molar-refractivity contribution in [2.75, 3.05) is 0 Å². The van der Waals surface area contributed by atoms with E-state index in [9.17, 15) is 4.79 Å². The third kappa shape index (κ3) is 1.94. The van der Waals surface area contributed by atoms with Crippen LogP contribution in [0, 0.1) is 0 Å². The van der Waals surface area contributed by atoms with Crippen LogP contribution in [0.15, 0.2) is 18.2 Å². The lowest BCUT2D eigenvalue weighted by Crippen LogP contribution is -2.36. The Hall–Kier alpha value is -1.39. The molecule has 1 aliphatic carbocycles. The fourth-order valence-corrected chi connectivity index (χ4v) is 2.75. The van der Waals surface area contributed by atoms with Gasteiger partial charge in [0.15, 0.2) is 0 Å². The van der Waals surface area contributed by atoms with Gasteiger partial charge in [-0.25, -0.2) is 10.9 Å². The second kappa shape index (κ2) is 4.13. The van der Waals surface area contributed by atoms with E-state index < -0.39 is 12.0 Å². The maximum Gasteiger partial charge on any atom is 0.322 e. The zero-order valence-corrected chi connectivity index (χ0v) is 9.57. The van der Waals surface area contributed by atoms with E-state index in [4.69, 9.17) is 5.11 Å². The van der Waals surface area contributed by atoms with Crippen LogP contribution in [0.3, 0.4) is 0 Å². The molecular weight excluding hydrogens is 216 g/mol. The molecule has 2 unspecified atom stereocenters. The van der Waals surface area contributed by atoms with Gasteiger partial charge in [0, 0.05) is 6.04 Å². The number of carboxylic acid groups (broad SMARTS) is 1. The maximum absolute atomic E-state index is 10.9. The van der Waals surface area contributed by atoms with Crippen LogP contribution < -0.4 is 10.9 Å².